The molecule has 2 N–H and O–H groups in total. The van der Waals surface area contributed by atoms with Gasteiger partial charge in [-0.3, -0.25) is 0 Å². The van der Waals surface area contributed by atoms with Crippen molar-refractivity contribution in [3.63, 3.8) is 0 Å². The third-order valence-corrected chi connectivity index (χ3v) is 3.88. The molecule has 0 amide bonds. The van der Waals surface area contributed by atoms with Crippen molar-refractivity contribution >= 4 is 11.7 Å². The molecule has 0 aliphatic heterocycles. The molecule has 1 aliphatic carbocycles. The molecular formula is C15H21NO3. The first-order chi connectivity index (χ1) is 9.05. The highest BCUT2D eigenvalue weighted by Crippen LogP contribution is 2.35. The quantitative estimate of drug-likeness (QED) is 0.876. The van der Waals surface area contributed by atoms with Gasteiger partial charge >= 0.3 is 5.97 Å². The normalized spacial score (nSPS) is 26.7. The van der Waals surface area contributed by atoms with Gasteiger partial charge in [0.05, 0.1) is 7.11 Å². The lowest BCUT2D eigenvalue weighted by molar-refractivity contribution is -0.144. The lowest BCUT2D eigenvalue weighted by Gasteiger charge is -2.37. The molecule has 0 aromatic heterocycles. The Hall–Kier alpha value is -1.71. The van der Waals surface area contributed by atoms with Crippen LogP contribution in [-0.2, 0) is 4.79 Å². The monoisotopic (exact) mass is 263 g/mol. The third-order valence-electron chi connectivity index (χ3n) is 3.88. The molecule has 0 saturated heterocycles. The van der Waals surface area contributed by atoms with E-state index < -0.39 is 11.5 Å². The molecule has 2 unspecified atom stereocenters. The Morgan fingerprint density at radius 2 is 2.11 bits per heavy atom. The predicted molar refractivity (Wildman–Crippen MR) is 74.6 cm³/mol. The zero-order valence-corrected chi connectivity index (χ0v) is 11.5. The fourth-order valence-corrected chi connectivity index (χ4v) is 2.86. The Labute approximate surface area is 113 Å². The number of carboxylic acids is 1. The lowest BCUT2D eigenvalue weighted by atomic mass is 9.76. The Kier molecular flexibility index (Phi) is 3.98. The number of methoxy groups -OCH3 is 1. The number of nitrogens with one attached hydrogen (secondary N) is 1. The standard InChI is InChI=1S/C15H21NO3/c1-11-4-3-9-15(10-11,14(17)18)16-12-5-7-13(19-2)8-6-12/h5-8,11,16H,3-4,9-10H2,1-2H3,(H,17,18). The van der Waals surface area contributed by atoms with E-state index in [0.717, 1.165) is 24.3 Å². The SMILES string of the molecule is COc1ccc(NC2(C(=O)O)CCCC(C)C2)cc1. The Balaban J connectivity index is 2.18. The van der Waals surface area contributed by atoms with Crippen LogP contribution in [0.25, 0.3) is 0 Å². The summed E-state index contributed by atoms with van der Waals surface area (Å²) in [7, 11) is 1.62. The average molecular weight is 263 g/mol. The minimum Gasteiger partial charge on any atom is -0.497 e. The molecular weight excluding hydrogens is 242 g/mol. The number of ether oxygens (including phenoxy) is 1. The second-order valence-corrected chi connectivity index (χ2v) is 5.44. The highest BCUT2D eigenvalue weighted by atomic mass is 16.5. The fraction of sp³-hybridized carbons (Fsp3) is 0.533. The molecule has 1 saturated carbocycles. The summed E-state index contributed by atoms with van der Waals surface area (Å²) in [5.74, 6) is 0.456. The molecule has 0 heterocycles. The first-order valence-electron chi connectivity index (χ1n) is 6.71. The highest BCUT2D eigenvalue weighted by molar-refractivity contribution is 5.83. The number of anilines is 1. The molecule has 1 fully saturated rings. The summed E-state index contributed by atoms with van der Waals surface area (Å²) in [5.41, 5.74) is 0.00371. The zero-order valence-electron chi connectivity index (χ0n) is 11.5. The predicted octanol–water partition coefficient (Wildman–Crippen LogP) is 3.14. The van der Waals surface area contributed by atoms with Crippen LogP contribution < -0.4 is 10.1 Å². The minimum absolute atomic E-state index is 0.440. The van der Waals surface area contributed by atoms with E-state index in [9.17, 15) is 9.90 Å². The molecule has 4 nitrogen and oxygen atoms in total. The van der Waals surface area contributed by atoms with Gasteiger partial charge in [0.1, 0.15) is 11.3 Å². The number of aliphatic carboxylic acids is 1. The van der Waals surface area contributed by atoms with Crippen molar-refractivity contribution in [1.82, 2.24) is 0 Å². The van der Waals surface area contributed by atoms with Crippen molar-refractivity contribution < 1.29 is 14.6 Å². The van der Waals surface area contributed by atoms with E-state index in [4.69, 9.17) is 4.74 Å². The number of hydrogen-bond acceptors (Lipinski definition) is 3. The molecule has 104 valence electrons. The number of benzene rings is 1. The van der Waals surface area contributed by atoms with Gasteiger partial charge in [-0.1, -0.05) is 19.8 Å². The summed E-state index contributed by atoms with van der Waals surface area (Å²) in [5, 5.41) is 12.8. The maximum absolute atomic E-state index is 11.7. The van der Waals surface area contributed by atoms with E-state index in [2.05, 4.69) is 12.2 Å². The maximum atomic E-state index is 11.7. The molecule has 1 aliphatic rings. The van der Waals surface area contributed by atoms with E-state index in [-0.39, 0.29) is 0 Å². The molecule has 0 bridgehead atoms. The third kappa shape index (κ3) is 3.00. The van der Waals surface area contributed by atoms with E-state index in [1.807, 2.05) is 24.3 Å². The summed E-state index contributed by atoms with van der Waals surface area (Å²) in [6.45, 7) is 2.12. The lowest BCUT2D eigenvalue weighted by Crippen LogP contribution is -2.49. The van der Waals surface area contributed by atoms with Gasteiger partial charge in [-0.05, 0) is 43.0 Å². The van der Waals surface area contributed by atoms with Crippen LogP contribution in [0, 0.1) is 5.92 Å². The van der Waals surface area contributed by atoms with Crippen molar-refractivity contribution in [2.45, 2.75) is 38.1 Å². The van der Waals surface area contributed by atoms with Crippen LogP contribution in [0.4, 0.5) is 5.69 Å². The topological polar surface area (TPSA) is 58.6 Å². The van der Waals surface area contributed by atoms with Gasteiger partial charge < -0.3 is 15.2 Å². The van der Waals surface area contributed by atoms with Gasteiger partial charge in [-0.25, -0.2) is 4.79 Å². The van der Waals surface area contributed by atoms with Crippen LogP contribution in [0.15, 0.2) is 24.3 Å². The van der Waals surface area contributed by atoms with E-state index >= 15 is 0 Å². The number of carboxylic acid groups (broad SMARTS) is 1. The van der Waals surface area contributed by atoms with Crippen LogP contribution in [-0.4, -0.2) is 23.7 Å². The van der Waals surface area contributed by atoms with Crippen LogP contribution in [0.5, 0.6) is 5.75 Å². The molecule has 1 aromatic rings. The summed E-state index contributed by atoms with van der Waals surface area (Å²) in [6, 6.07) is 7.40. The van der Waals surface area contributed by atoms with Crippen LogP contribution in [0.1, 0.15) is 32.6 Å². The maximum Gasteiger partial charge on any atom is 0.329 e. The van der Waals surface area contributed by atoms with Crippen LogP contribution in [0.2, 0.25) is 0 Å². The number of carbonyl (C=O) groups is 1. The highest BCUT2D eigenvalue weighted by Gasteiger charge is 2.41. The molecule has 1 aromatic carbocycles. The van der Waals surface area contributed by atoms with E-state index in [1.54, 1.807) is 7.11 Å². The second kappa shape index (κ2) is 5.51. The fourth-order valence-electron chi connectivity index (χ4n) is 2.86. The van der Waals surface area contributed by atoms with Crippen molar-refractivity contribution in [3.8, 4) is 5.75 Å². The number of hydrogen-bond donors (Lipinski definition) is 2. The summed E-state index contributed by atoms with van der Waals surface area (Å²) >= 11 is 0. The molecule has 19 heavy (non-hydrogen) atoms. The molecule has 0 radical (unpaired) electrons. The molecule has 2 atom stereocenters. The zero-order chi connectivity index (χ0) is 13.9. The molecule has 4 heteroatoms. The van der Waals surface area contributed by atoms with Gasteiger partial charge in [-0.15, -0.1) is 0 Å². The molecule has 2 rings (SSSR count). The first-order valence-corrected chi connectivity index (χ1v) is 6.71. The van der Waals surface area contributed by atoms with Crippen molar-refractivity contribution in [2.24, 2.45) is 5.92 Å². The van der Waals surface area contributed by atoms with Gasteiger partial charge in [0.15, 0.2) is 0 Å². The summed E-state index contributed by atoms with van der Waals surface area (Å²) < 4.78 is 5.10. The van der Waals surface area contributed by atoms with Gasteiger partial charge in [0.2, 0.25) is 0 Å². The van der Waals surface area contributed by atoms with E-state index in [0.29, 0.717) is 18.8 Å². The van der Waals surface area contributed by atoms with Crippen molar-refractivity contribution in [1.29, 1.82) is 0 Å². The second-order valence-electron chi connectivity index (χ2n) is 5.44. The van der Waals surface area contributed by atoms with Crippen LogP contribution >= 0.6 is 0 Å². The van der Waals surface area contributed by atoms with Gasteiger partial charge in [0.25, 0.3) is 0 Å². The Morgan fingerprint density at radius 3 is 2.63 bits per heavy atom. The summed E-state index contributed by atoms with van der Waals surface area (Å²) in [4.78, 5) is 11.7. The molecule has 0 spiro atoms. The van der Waals surface area contributed by atoms with Crippen molar-refractivity contribution in [2.75, 3.05) is 12.4 Å². The largest absolute Gasteiger partial charge is 0.497 e. The van der Waals surface area contributed by atoms with E-state index in [1.165, 1.54) is 0 Å². The smallest absolute Gasteiger partial charge is 0.329 e. The Morgan fingerprint density at radius 1 is 1.42 bits per heavy atom. The first kappa shape index (κ1) is 13.7. The minimum atomic E-state index is -0.827. The van der Waals surface area contributed by atoms with Gasteiger partial charge in [-0.2, -0.15) is 0 Å². The van der Waals surface area contributed by atoms with Crippen molar-refractivity contribution in [3.05, 3.63) is 24.3 Å². The van der Waals surface area contributed by atoms with Gasteiger partial charge in [0, 0.05) is 5.69 Å². The Bertz CT molecular complexity index is 443. The van der Waals surface area contributed by atoms with Crippen LogP contribution in [0.3, 0.4) is 0 Å². The number of rotatable bonds is 4. The summed E-state index contributed by atoms with van der Waals surface area (Å²) in [6.07, 6.45) is 3.42. The average Bonchev–Trinajstić information content (AvgIpc) is 2.39.